The van der Waals surface area contributed by atoms with E-state index in [9.17, 15) is 9.59 Å². The molecule has 3 N–H and O–H groups in total. The zero-order valence-corrected chi connectivity index (χ0v) is 11.8. The van der Waals surface area contributed by atoms with Crippen molar-refractivity contribution >= 4 is 23.8 Å². The molecule has 1 fully saturated rings. The molecule has 6 heteroatoms. The summed E-state index contributed by atoms with van der Waals surface area (Å²) in [6.45, 7) is 4.03. The summed E-state index contributed by atoms with van der Waals surface area (Å²) >= 11 is 1.83. The van der Waals surface area contributed by atoms with Crippen molar-refractivity contribution in [2.75, 3.05) is 11.5 Å². The van der Waals surface area contributed by atoms with E-state index in [-0.39, 0.29) is 12.1 Å². The van der Waals surface area contributed by atoms with Crippen molar-refractivity contribution in [2.24, 2.45) is 0 Å². The van der Waals surface area contributed by atoms with E-state index in [0.29, 0.717) is 12.8 Å². The second-order valence-corrected chi connectivity index (χ2v) is 6.12. The minimum absolute atomic E-state index is 0.0648. The number of carboxylic acids is 1. The number of hydrogen-bond donors (Lipinski definition) is 3. The van der Waals surface area contributed by atoms with Crippen LogP contribution in [-0.2, 0) is 4.79 Å². The SMILES string of the molecule is CCSCCC(C)NC(=O)NC1(C(=O)O)CCC1. The lowest BCUT2D eigenvalue weighted by Crippen LogP contribution is -2.61. The lowest BCUT2D eigenvalue weighted by Gasteiger charge is -2.38. The molecule has 1 rings (SSSR count). The van der Waals surface area contributed by atoms with Crippen LogP contribution in [0.1, 0.15) is 39.5 Å². The van der Waals surface area contributed by atoms with Gasteiger partial charge in [0.05, 0.1) is 0 Å². The normalized spacial score (nSPS) is 18.6. The molecule has 1 saturated carbocycles. The lowest BCUT2D eigenvalue weighted by atomic mass is 9.77. The van der Waals surface area contributed by atoms with E-state index in [0.717, 1.165) is 24.3 Å². The fourth-order valence-corrected chi connectivity index (χ4v) is 2.69. The van der Waals surface area contributed by atoms with Crippen LogP contribution in [0.2, 0.25) is 0 Å². The Morgan fingerprint density at radius 3 is 2.56 bits per heavy atom. The maximum absolute atomic E-state index is 11.7. The summed E-state index contributed by atoms with van der Waals surface area (Å²) in [4.78, 5) is 22.8. The summed E-state index contributed by atoms with van der Waals surface area (Å²) < 4.78 is 0. The zero-order chi connectivity index (χ0) is 13.6. The van der Waals surface area contributed by atoms with Crippen molar-refractivity contribution in [1.29, 1.82) is 0 Å². The van der Waals surface area contributed by atoms with Crippen LogP contribution in [0, 0.1) is 0 Å². The van der Waals surface area contributed by atoms with E-state index in [2.05, 4.69) is 17.6 Å². The predicted octanol–water partition coefficient (Wildman–Crippen LogP) is 1.82. The topological polar surface area (TPSA) is 78.4 Å². The van der Waals surface area contributed by atoms with Gasteiger partial charge in [-0.05, 0) is 44.1 Å². The summed E-state index contributed by atoms with van der Waals surface area (Å²) in [7, 11) is 0. The van der Waals surface area contributed by atoms with Gasteiger partial charge in [0.15, 0.2) is 0 Å². The van der Waals surface area contributed by atoms with Gasteiger partial charge < -0.3 is 15.7 Å². The van der Waals surface area contributed by atoms with Gasteiger partial charge in [0, 0.05) is 6.04 Å². The third-order valence-electron chi connectivity index (χ3n) is 3.25. The van der Waals surface area contributed by atoms with Gasteiger partial charge in [0.25, 0.3) is 0 Å². The lowest BCUT2D eigenvalue weighted by molar-refractivity contribution is -0.148. The van der Waals surface area contributed by atoms with E-state index in [1.54, 1.807) is 0 Å². The Hall–Kier alpha value is -0.910. The molecule has 0 radical (unpaired) electrons. The molecular weight excluding hydrogens is 252 g/mol. The first-order valence-electron chi connectivity index (χ1n) is 6.40. The molecule has 2 amide bonds. The molecule has 1 unspecified atom stereocenters. The maximum Gasteiger partial charge on any atom is 0.329 e. The predicted molar refractivity (Wildman–Crippen MR) is 73.0 cm³/mol. The first-order chi connectivity index (χ1) is 8.50. The molecule has 0 heterocycles. The number of rotatable bonds is 7. The summed E-state index contributed by atoms with van der Waals surface area (Å²) in [6.07, 6.45) is 2.80. The van der Waals surface area contributed by atoms with Crippen molar-refractivity contribution in [3.05, 3.63) is 0 Å². The molecule has 0 spiro atoms. The molecule has 0 aromatic carbocycles. The van der Waals surface area contributed by atoms with E-state index >= 15 is 0 Å². The second kappa shape index (κ2) is 6.87. The number of amides is 2. The number of carbonyl (C=O) groups excluding carboxylic acids is 1. The van der Waals surface area contributed by atoms with Gasteiger partial charge >= 0.3 is 12.0 Å². The number of hydrogen-bond acceptors (Lipinski definition) is 3. The highest BCUT2D eigenvalue weighted by molar-refractivity contribution is 7.99. The molecule has 0 aromatic heterocycles. The van der Waals surface area contributed by atoms with E-state index in [4.69, 9.17) is 5.11 Å². The Morgan fingerprint density at radius 2 is 2.11 bits per heavy atom. The Balaban J connectivity index is 2.30. The van der Waals surface area contributed by atoms with Gasteiger partial charge in [0.2, 0.25) is 0 Å². The number of aliphatic carboxylic acids is 1. The first-order valence-corrected chi connectivity index (χ1v) is 7.55. The van der Waals surface area contributed by atoms with Crippen molar-refractivity contribution < 1.29 is 14.7 Å². The summed E-state index contributed by atoms with van der Waals surface area (Å²) in [5, 5.41) is 14.5. The van der Waals surface area contributed by atoms with Gasteiger partial charge in [-0.1, -0.05) is 6.92 Å². The summed E-state index contributed by atoms with van der Waals surface area (Å²) in [5.74, 6) is 1.14. The van der Waals surface area contributed by atoms with Gasteiger partial charge in [-0.15, -0.1) is 0 Å². The highest BCUT2D eigenvalue weighted by atomic mass is 32.2. The molecule has 104 valence electrons. The Morgan fingerprint density at radius 1 is 1.44 bits per heavy atom. The van der Waals surface area contributed by atoms with Crippen LogP contribution in [0.25, 0.3) is 0 Å². The number of carbonyl (C=O) groups is 2. The Labute approximate surface area is 112 Å². The van der Waals surface area contributed by atoms with Gasteiger partial charge in [0.1, 0.15) is 5.54 Å². The van der Waals surface area contributed by atoms with Crippen molar-refractivity contribution in [3.63, 3.8) is 0 Å². The summed E-state index contributed by atoms with van der Waals surface area (Å²) in [6, 6.07) is -0.305. The molecule has 0 saturated heterocycles. The van der Waals surface area contributed by atoms with E-state index < -0.39 is 11.5 Å². The zero-order valence-electron chi connectivity index (χ0n) is 11.0. The largest absolute Gasteiger partial charge is 0.480 e. The molecule has 1 aliphatic rings. The van der Waals surface area contributed by atoms with Gasteiger partial charge in [-0.25, -0.2) is 9.59 Å². The average molecular weight is 274 g/mol. The smallest absolute Gasteiger partial charge is 0.329 e. The van der Waals surface area contributed by atoms with E-state index in [1.165, 1.54) is 0 Å². The molecule has 0 bridgehead atoms. The van der Waals surface area contributed by atoms with Crippen LogP contribution in [0.5, 0.6) is 0 Å². The number of thioether (sulfide) groups is 1. The van der Waals surface area contributed by atoms with Crippen LogP contribution in [-0.4, -0.2) is 40.2 Å². The van der Waals surface area contributed by atoms with Crippen LogP contribution in [0.3, 0.4) is 0 Å². The second-order valence-electron chi connectivity index (χ2n) is 4.73. The van der Waals surface area contributed by atoms with Gasteiger partial charge in [-0.3, -0.25) is 0 Å². The quantitative estimate of drug-likeness (QED) is 0.619. The number of nitrogens with one attached hydrogen (secondary N) is 2. The Kier molecular flexibility index (Phi) is 5.78. The van der Waals surface area contributed by atoms with Crippen molar-refractivity contribution in [2.45, 2.75) is 51.1 Å². The fraction of sp³-hybridized carbons (Fsp3) is 0.833. The Bertz CT molecular complexity index is 306. The number of urea groups is 1. The minimum Gasteiger partial charge on any atom is -0.480 e. The fourth-order valence-electron chi connectivity index (χ4n) is 1.88. The first kappa shape index (κ1) is 15.1. The standard InChI is InChI=1S/C12H22N2O3S/c1-3-18-8-5-9(2)13-11(17)14-12(10(15)16)6-4-7-12/h9H,3-8H2,1-2H3,(H,15,16)(H2,13,14,17). The summed E-state index contributed by atoms with van der Waals surface area (Å²) in [5.41, 5.74) is -1.03. The highest BCUT2D eigenvalue weighted by Crippen LogP contribution is 2.31. The monoisotopic (exact) mass is 274 g/mol. The van der Waals surface area contributed by atoms with Crippen LogP contribution < -0.4 is 10.6 Å². The van der Waals surface area contributed by atoms with Crippen molar-refractivity contribution in [3.8, 4) is 0 Å². The molecule has 18 heavy (non-hydrogen) atoms. The van der Waals surface area contributed by atoms with E-state index in [1.807, 2.05) is 18.7 Å². The highest BCUT2D eigenvalue weighted by Gasteiger charge is 2.45. The number of carboxylic acid groups (broad SMARTS) is 1. The molecule has 1 aliphatic carbocycles. The van der Waals surface area contributed by atoms with Crippen LogP contribution >= 0.6 is 11.8 Å². The molecular formula is C12H22N2O3S. The third-order valence-corrected chi connectivity index (χ3v) is 4.18. The molecule has 0 aromatic rings. The van der Waals surface area contributed by atoms with Gasteiger partial charge in [-0.2, -0.15) is 11.8 Å². The molecule has 5 nitrogen and oxygen atoms in total. The minimum atomic E-state index is -1.03. The van der Waals surface area contributed by atoms with Crippen LogP contribution in [0.4, 0.5) is 4.79 Å². The third kappa shape index (κ3) is 4.08. The van der Waals surface area contributed by atoms with Crippen molar-refractivity contribution in [1.82, 2.24) is 10.6 Å². The average Bonchev–Trinajstić information content (AvgIpc) is 2.23. The molecule has 1 atom stereocenters. The molecule has 0 aliphatic heterocycles. The van der Waals surface area contributed by atoms with Crippen LogP contribution in [0.15, 0.2) is 0 Å². The maximum atomic E-state index is 11.7.